The van der Waals surface area contributed by atoms with Crippen molar-refractivity contribution in [2.45, 2.75) is 53.2 Å². The molecule has 3 heteroatoms. The molecule has 0 aliphatic rings. The van der Waals surface area contributed by atoms with Crippen molar-refractivity contribution >= 4 is 0 Å². The molecule has 0 saturated heterocycles. The first-order valence-electron chi connectivity index (χ1n) is 7.42. The average molecular weight is 280 g/mol. The molecule has 0 bridgehead atoms. The highest BCUT2D eigenvalue weighted by Crippen LogP contribution is 2.33. The van der Waals surface area contributed by atoms with E-state index in [1.54, 1.807) is 0 Å². The van der Waals surface area contributed by atoms with E-state index in [0.717, 1.165) is 17.7 Å². The maximum Gasteiger partial charge on any atom is 0.119 e. The molecule has 0 fully saturated rings. The fraction of sp³-hybridized carbons (Fsp3) is 0.647. The Morgan fingerprint density at radius 3 is 2.15 bits per heavy atom. The van der Waals surface area contributed by atoms with E-state index in [-0.39, 0.29) is 11.5 Å². The molecule has 114 valence electrons. The number of rotatable bonds is 7. The van der Waals surface area contributed by atoms with Crippen molar-refractivity contribution in [3.05, 3.63) is 29.8 Å². The van der Waals surface area contributed by atoms with Crippen molar-refractivity contribution in [1.82, 2.24) is 0 Å². The summed E-state index contributed by atoms with van der Waals surface area (Å²) in [5.74, 6) is 0.839. The molecule has 1 aromatic carbocycles. The topological polar surface area (TPSA) is 38.7 Å². The van der Waals surface area contributed by atoms with E-state index in [9.17, 15) is 5.11 Å². The van der Waals surface area contributed by atoms with Crippen LogP contribution in [0, 0.1) is 5.41 Å². The molecule has 0 aliphatic heterocycles. The van der Waals surface area contributed by atoms with Crippen LogP contribution in [-0.4, -0.2) is 24.4 Å². The minimum Gasteiger partial charge on any atom is -0.494 e. The molecule has 3 nitrogen and oxygen atoms in total. The van der Waals surface area contributed by atoms with Crippen LogP contribution in [-0.2, 0) is 4.74 Å². The van der Waals surface area contributed by atoms with Crippen LogP contribution >= 0.6 is 0 Å². The molecule has 20 heavy (non-hydrogen) atoms. The molecule has 1 rings (SSSR count). The Balaban J connectivity index is 2.81. The summed E-state index contributed by atoms with van der Waals surface area (Å²) in [4.78, 5) is 0. The highest BCUT2D eigenvalue weighted by Gasteiger charge is 2.32. The van der Waals surface area contributed by atoms with Gasteiger partial charge in [-0.15, -0.1) is 0 Å². The summed E-state index contributed by atoms with van der Waals surface area (Å²) < 4.78 is 11.3. The van der Waals surface area contributed by atoms with Crippen LogP contribution in [0.3, 0.4) is 0 Å². The van der Waals surface area contributed by atoms with Crippen molar-refractivity contribution < 1.29 is 14.6 Å². The molecule has 1 aromatic rings. The van der Waals surface area contributed by atoms with Gasteiger partial charge < -0.3 is 14.6 Å². The van der Waals surface area contributed by atoms with Gasteiger partial charge in [0, 0.05) is 6.61 Å². The lowest BCUT2D eigenvalue weighted by molar-refractivity contribution is -0.0898. The van der Waals surface area contributed by atoms with Gasteiger partial charge in [0.2, 0.25) is 0 Å². The van der Waals surface area contributed by atoms with E-state index in [0.29, 0.717) is 13.2 Å². The van der Waals surface area contributed by atoms with Crippen molar-refractivity contribution in [2.75, 3.05) is 13.2 Å². The third-order valence-electron chi connectivity index (χ3n) is 3.18. The SMILES string of the molecule is CCCOc1ccc(C(O)C(OCC)C(C)(C)C)cc1. The summed E-state index contributed by atoms with van der Waals surface area (Å²) in [6, 6.07) is 7.63. The second-order valence-electron chi connectivity index (χ2n) is 6.10. The molecule has 2 atom stereocenters. The maximum absolute atomic E-state index is 10.5. The Labute approximate surface area is 122 Å². The molecule has 0 spiro atoms. The van der Waals surface area contributed by atoms with E-state index < -0.39 is 6.10 Å². The van der Waals surface area contributed by atoms with Gasteiger partial charge in [0.15, 0.2) is 0 Å². The van der Waals surface area contributed by atoms with Crippen LogP contribution < -0.4 is 4.74 Å². The Morgan fingerprint density at radius 1 is 1.10 bits per heavy atom. The first-order valence-corrected chi connectivity index (χ1v) is 7.42. The lowest BCUT2D eigenvalue weighted by atomic mass is 9.83. The Morgan fingerprint density at radius 2 is 1.70 bits per heavy atom. The minimum atomic E-state index is -0.629. The number of hydrogen-bond donors (Lipinski definition) is 1. The first kappa shape index (κ1) is 17.0. The standard InChI is InChI=1S/C17H28O3/c1-6-12-20-14-10-8-13(9-11-14)15(18)16(19-7-2)17(3,4)5/h8-11,15-16,18H,6-7,12H2,1-5H3. The van der Waals surface area contributed by atoms with Crippen LogP contribution in [0.1, 0.15) is 52.7 Å². The molecule has 0 heterocycles. The fourth-order valence-corrected chi connectivity index (χ4v) is 2.15. The largest absolute Gasteiger partial charge is 0.494 e. The summed E-state index contributed by atoms with van der Waals surface area (Å²) in [5.41, 5.74) is 0.745. The van der Waals surface area contributed by atoms with Crippen LogP contribution in [0.4, 0.5) is 0 Å². The van der Waals surface area contributed by atoms with E-state index in [2.05, 4.69) is 27.7 Å². The smallest absolute Gasteiger partial charge is 0.119 e. The molecule has 0 aliphatic carbocycles. The quantitative estimate of drug-likeness (QED) is 0.821. The van der Waals surface area contributed by atoms with Crippen molar-refractivity contribution in [3.63, 3.8) is 0 Å². The number of aliphatic hydroxyl groups is 1. The molecule has 0 saturated carbocycles. The van der Waals surface area contributed by atoms with Crippen LogP contribution in [0.15, 0.2) is 24.3 Å². The van der Waals surface area contributed by atoms with Crippen LogP contribution in [0.5, 0.6) is 5.75 Å². The highest BCUT2D eigenvalue weighted by atomic mass is 16.5. The molecular formula is C17H28O3. The third kappa shape index (κ3) is 4.80. The lowest BCUT2D eigenvalue weighted by Crippen LogP contribution is -2.35. The summed E-state index contributed by atoms with van der Waals surface area (Å²) in [6.07, 6.45) is 0.131. The zero-order valence-electron chi connectivity index (χ0n) is 13.3. The van der Waals surface area contributed by atoms with Crippen molar-refractivity contribution in [1.29, 1.82) is 0 Å². The predicted octanol–water partition coefficient (Wildman–Crippen LogP) is 3.96. The fourth-order valence-electron chi connectivity index (χ4n) is 2.15. The van der Waals surface area contributed by atoms with E-state index >= 15 is 0 Å². The van der Waals surface area contributed by atoms with Gasteiger partial charge in [-0.3, -0.25) is 0 Å². The second-order valence-corrected chi connectivity index (χ2v) is 6.10. The van der Waals surface area contributed by atoms with Gasteiger partial charge in [0.1, 0.15) is 11.9 Å². The first-order chi connectivity index (χ1) is 9.40. The summed E-state index contributed by atoms with van der Waals surface area (Å²) in [6.45, 7) is 11.6. The number of benzene rings is 1. The summed E-state index contributed by atoms with van der Waals surface area (Å²) in [5, 5.41) is 10.5. The average Bonchev–Trinajstić information content (AvgIpc) is 2.41. The lowest BCUT2D eigenvalue weighted by Gasteiger charge is -2.34. The zero-order chi connectivity index (χ0) is 15.2. The van der Waals surface area contributed by atoms with E-state index in [4.69, 9.17) is 9.47 Å². The second kappa shape index (κ2) is 7.65. The normalized spacial score (nSPS) is 14.9. The van der Waals surface area contributed by atoms with Gasteiger partial charge in [-0.2, -0.15) is 0 Å². The van der Waals surface area contributed by atoms with Crippen LogP contribution in [0.2, 0.25) is 0 Å². The predicted molar refractivity (Wildman–Crippen MR) is 82.1 cm³/mol. The molecule has 0 radical (unpaired) electrons. The Hall–Kier alpha value is -1.06. The minimum absolute atomic E-state index is 0.118. The molecule has 2 unspecified atom stereocenters. The molecular weight excluding hydrogens is 252 g/mol. The maximum atomic E-state index is 10.5. The van der Waals surface area contributed by atoms with E-state index in [1.165, 1.54) is 0 Å². The van der Waals surface area contributed by atoms with Gasteiger partial charge in [0.25, 0.3) is 0 Å². The van der Waals surface area contributed by atoms with Gasteiger partial charge >= 0.3 is 0 Å². The molecule has 1 N–H and O–H groups in total. The zero-order valence-corrected chi connectivity index (χ0v) is 13.3. The Bertz CT molecular complexity index is 378. The van der Waals surface area contributed by atoms with Gasteiger partial charge in [-0.1, -0.05) is 39.8 Å². The van der Waals surface area contributed by atoms with Gasteiger partial charge in [-0.05, 0) is 36.5 Å². The van der Waals surface area contributed by atoms with Crippen molar-refractivity contribution in [2.24, 2.45) is 5.41 Å². The number of ether oxygens (including phenoxy) is 2. The van der Waals surface area contributed by atoms with Crippen molar-refractivity contribution in [3.8, 4) is 5.75 Å². The Kier molecular flexibility index (Phi) is 6.50. The monoisotopic (exact) mass is 280 g/mol. The molecule has 0 aromatic heterocycles. The molecule has 0 amide bonds. The summed E-state index contributed by atoms with van der Waals surface area (Å²) >= 11 is 0. The van der Waals surface area contributed by atoms with Gasteiger partial charge in [-0.25, -0.2) is 0 Å². The highest BCUT2D eigenvalue weighted by molar-refractivity contribution is 5.29. The van der Waals surface area contributed by atoms with E-state index in [1.807, 2.05) is 31.2 Å². The number of hydrogen-bond acceptors (Lipinski definition) is 3. The number of aliphatic hydroxyl groups excluding tert-OH is 1. The van der Waals surface area contributed by atoms with Crippen LogP contribution in [0.25, 0.3) is 0 Å². The summed E-state index contributed by atoms with van der Waals surface area (Å²) in [7, 11) is 0. The third-order valence-corrected chi connectivity index (χ3v) is 3.18. The van der Waals surface area contributed by atoms with Gasteiger partial charge in [0.05, 0.1) is 12.7 Å².